The van der Waals surface area contributed by atoms with E-state index in [2.05, 4.69) is 15.9 Å². The summed E-state index contributed by atoms with van der Waals surface area (Å²) < 4.78 is 1.07. The van der Waals surface area contributed by atoms with Crippen molar-refractivity contribution in [3.63, 3.8) is 0 Å². The first-order valence-electron chi connectivity index (χ1n) is 4.37. The maximum atomic E-state index is 5.99. The molecule has 0 saturated heterocycles. The molecule has 1 rings (SSSR count). The number of nitrogens with zero attached hydrogens (tertiary/aromatic N) is 1. The van der Waals surface area contributed by atoms with Gasteiger partial charge in [-0.15, -0.1) is 0 Å². The van der Waals surface area contributed by atoms with Gasteiger partial charge in [0.2, 0.25) is 0 Å². The summed E-state index contributed by atoms with van der Waals surface area (Å²) in [6.07, 6.45) is 0. The highest BCUT2D eigenvalue weighted by atomic mass is 79.9. The van der Waals surface area contributed by atoms with Crippen LogP contribution in [-0.4, -0.2) is 34.7 Å². The van der Waals surface area contributed by atoms with Crippen molar-refractivity contribution >= 4 is 31.6 Å². The Bertz CT molecular complexity index is 337. The number of halogens is 1. The van der Waals surface area contributed by atoms with Crippen LogP contribution in [0.2, 0.25) is 0 Å². The van der Waals surface area contributed by atoms with E-state index in [9.17, 15) is 0 Å². The first-order valence-corrected chi connectivity index (χ1v) is 5.17. The second-order valence-electron chi connectivity index (χ2n) is 3.68. The van der Waals surface area contributed by atoms with E-state index in [1.54, 1.807) is 4.90 Å². The lowest BCUT2D eigenvalue weighted by Crippen LogP contribution is -2.42. The van der Waals surface area contributed by atoms with Crippen LogP contribution in [0.1, 0.15) is 11.1 Å². The predicted molar refractivity (Wildman–Crippen MR) is 65.8 cm³/mol. The van der Waals surface area contributed by atoms with Crippen LogP contribution >= 0.6 is 15.9 Å². The van der Waals surface area contributed by atoms with Gasteiger partial charge in [0.25, 0.3) is 0 Å². The molecule has 4 heteroatoms. The van der Waals surface area contributed by atoms with Crippen molar-refractivity contribution in [1.29, 1.82) is 0 Å². The molecule has 0 heterocycles. The molecule has 4 radical (unpaired) electrons. The van der Waals surface area contributed by atoms with Crippen LogP contribution in [0.15, 0.2) is 22.7 Å². The molecule has 0 saturated carbocycles. The number of benzene rings is 1. The van der Waals surface area contributed by atoms with E-state index < -0.39 is 5.34 Å². The molecule has 0 atom stereocenters. The van der Waals surface area contributed by atoms with E-state index >= 15 is 0 Å². The van der Waals surface area contributed by atoms with Crippen LogP contribution in [0.4, 0.5) is 0 Å². The molecule has 0 fully saturated rings. The normalized spacial score (nSPS) is 12.1. The van der Waals surface area contributed by atoms with Crippen molar-refractivity contribution in [2.24, 2.45) is 0 Å². The maximum absolute atomic E-state index is 5.99. The maximum Gasteiger partial charge on any atom is 0.0887 e. The molecule has 0 aliphatic heterocycles. The summed E-state index contributed by atoms with van der Waals surface area (Å²) in [5.74, 6) is 0. The third kappa shape index (κ3) is 2.23. The molecule has 0 amide bonds. The average molecular weight is 248 g/mol. The van der Waals surface area contributed by atoms with E-state index in [1.807, 2.05) is 39.2 Å². The molecule has 0 aliphatic carbocycles. The fourth-order valence-electron chi connectivity index (χ4n) is 1.15. The van der Waals surface area contributed by atoms with E-state index in [0.29, 0.717) is 0 Å². The number of hydrogen-bond donors (Lipinski definition) is 0. The Balaban J connectivity index is 3.14. The molecular weight excluding hydrogens is 236 g/mol. The lowest BCUT2D eigenvalue weighted by atomic mass is 9.57. The zero-order valence-electron chi connectivity index (χ0n) is 8.71. The van der Waals surface area contributed by atoms with Crippen LogP contribution in [0.25, 0.3) is 0 Å². The second-order valence-corrected chi connectivity index (χ2v) is 4.54. The molecule has 0 unspecified atom stereocenters. The summed E-state index contributed by atoms with van der Waals surface area (Å²) in [7, 11) is 15.7. The fraction of sp³-hybridized carbons (Fsp3) is 0.400. The highest BCUT2D eigenvalue weighted by molar-refractivity contribution is 9.10. The Labute approximate surface area is 96.8 Å². The summed E-state index contributed by atoms with van der Waals surface area (Å²) >= 11 is 3.44. The molecule has 0 spiro atoms. The number of hydrogen-bond acceptors (Lipinski definition) is 1. The van der Waals surface area contributed by atoms with Crippen molar-refractivity contribution in [3.05, 3.63) is 33.8 Å². The van der Waals surface area contributed by atoms with E-state index in [0.717, 1.165) is 15.6 Å². The zero-order chi connectivity index (χ0) is 10.9. The highest BCUT2D eigenvalue weighted by Gasteiger charge is 2.21. The van der Waals surface area contributed by atoms with E-state index in [4.69, 9.17) is 15.7 Å². The van der Waals surface area contributed by atoms with Crippen molar-refractivity contribution in [1.82, 2.24) is 4.90 Å². The first kappa shape index (κ1) is 11.9. The van der Waals surface area contributed by atoms with Gasteiger partial charge in [-0.2, -0.15) is 0 Å². The molecule has 1 aromatic carbocycles. The predicted octanol–water partition coefficient (Wildman–Crippen LogP) is 1.77. The largest absolute Gasteiger partial charge is 0.317 e. The molecule has 0 aliphatic rings. The second kappa shape index (κ2) is 4.11. The zero-order valence-corrected chi connectivity index (χ0v) is 10.3. The molecule has 0 aromatic heterocycles. The summed E-state index contributed by atoms with van der Waals surface area (Å²) in [5.41, 5.74) is 2.04. The average Bonchev–Trinajstić information content (AvgIpc) is 2.09. The van der Waals surface area contributed by atoms with Gasteiger partial charge >= 0.3 is 0 Å². The topological polar surface area (TPSA) is 3.24 Å². The SMILES string of the molecule is [B]C([B])(c1ccc(Br)c(C)c1)N(C)C. The molecule has 70 valence electrons. The van der Waals surface area contributed by atoms with Crippen LogP contribution in [0, 0.1) is 6.92 Å². The van der Waals surface area contributed by atoms with Crippen molar-refractivity contribution < 1.29 is 0 Å². The Kier molecular flexibility index (Phi) is 3.49. The highest BCUT2D eigenvalue weighted by Crippen LogP contribution is 2.24. The van der Waals surface area contributed by atoms with Gasteiger partial charge in [0.05, 0.1) is 15.7 Å². The standard InChI is InChI=1S/C10H12B2BrN/c1-7-6-8(4-5-9(7)13)10(11,12)14(2)3/h4-6H,1-3H3. The van der Waals surface area contributed by atoms with Crippen LogP contribution in [-0.2, 0) is 5.34 Å². The molecular formula is C10H12B2BrN. The third-order valence-corrected chi connectivity index (χ3v) is 3.25. The quantitative estimate of drug-likeness (QED) is 0.720. The third-order valence-electron chi connectivity index (χ3n) is 2.36. The molecule has 0 bridgehead atoms. The Hall–Kier alpha value is -0.210. The lowest BCUT2D eigenvalue weighted by molar-refractivity contribution is 0.341. The minimum Gasteiger partial charge on any atom is -0.317 e. The van der Waals surface area contributed by atoms with Crippen LogP contribution < -0.4 is 0 Å². The Morgan fingerprint density at radius 3 is 2.29 bits per heavy atom. The lowest BCUT2D eigenvalue weighted by Gasteiger charge is -2.34. The first-order chi connectivity index (χ1) is 6.35. The fourth-order valence-corrected chi connectivity index (χ4v) is 1.40. The van der Waals surface area contributed by atoms with Crippen LogP contribution in [0.3, 0.4) is 0 Å². The van der Waals surface area contributed by atoms with Crippen LogP contribution in [0.5, 0.6) is 0 Å². The summed E-state index contributed by atoms with van der Waals surface area (Å²) in [6.45, 7) is 2.01. The minimum absolute atomic E-state index is 0.906. The van der Waals surface area contributed by atoms with E-state index in [-0.39, 0.29) is 0 Å². The number of rotatable bonds is 2. The Morgan fingerprint density at radius 1 is 1.29 bits per heavy atom. The van der Waals surface area contributed by atoms with Gasteiger partial charge in [0, 0.05) is 4.47 Å². The summed E-state index contributed by atoms with van der Waals surface area (Å²) in [6, 6.07) is 5.88. The van der Waals surface area contributed by atoms with Gasteiger partial charge < -0.3 is 4.90 Å². The molecule has 1 nitrogen and oxygen atoms in total. The van der Waals surface area contributed by atoms with Crippen molar-refractivity contribution in [2.75, 3.05) is 14.1 Å². The summed E-state index contributed by atoms with van der Waals surface area (Å²) in [4.78, 5) is 1.79. The van der Waals surface area contributed by atoms with Crippen molar-refractivity contribution in [3.8, 4) is 0 Å². The van der Waals surface area contributed by atoms with Crippen molar-refractivity contribution in [2.45, 2.75) is 12.3 Å². The van der Waals surface area contributed by atoms with E-state index in [1.165, 1.54) is 0 Å². The van der Waals surface area contributed by atoms with Gasteiger partial charge in [-0.25, -0.2) is 0 Å². The molecule has 1 aromatic rings. The smallest absolute Gasteiger partial charge is 0.0887 e. The van der Waals surface area contributed by atoms with Gasteiger partial charge in [0.1, 0.15) is 0 Å². The van der Waals surface area contributed by atoms with Gasteiger partial charge in [-0.1, -0.05) is 28.1 Å². The van der Waals surface area contributed by atoms with Gasteiger partial charge in [0.15, 0.2) is 0 Å². The van der Waals surface area contributed by atoms with Gasteiger partial charge in [-0.3, -0.25) is 0 Å². The monoisotopic (exact) mass is 247 g/mol. The van der Waals surface area contributed by atoms with Gasteiger partial charge in [-0.05, 0) is 43.5 Å². The summed E-state index contributed by atoms with van der Waals surface area (Å²) in [5, 5.41) is -0.911. The number of aryl methyl sites for hydroxylation is 1. The minimum atomic E-state index is -0.911. The molecule has 0 N–H and O–H groups in total. The Morgan fingerprint density at radius 2 is 1.86 bits per heavy atom. The molecule has 14 heavy (non-hydrogen) atoms.